The molecule has 2 fully saturated rings. The molecule has 3 rings (SSSR count). The minimum atomic E-state index is -0.737. The molecule has 3 unspecified atom stereocenters. The van der Waals surface area contributed by atoms with Gasteiger partial charge in [-0.05, 0) is 49.6 Å². The molecule has 0 aliphatic heterocycles. The van der Waals surface area contributed by atoms with Crippen molar-refractivity contribution < 1.29 is 8.78 Å². The lowest BCUT2D eigenvalue weighted by molar-refractivity contribution is 0.333. The second kappa shape index (κ2) is 4.61. The molecule has 0 radical (unpaired) electrons. The van der Waals surface area contributed by atoms with Gasteiger partial charge in [0.05, 0.1) is 0 Å². The Morgan fingerprint density at radius 1 is 1.22 bits per heavy atom. The molecular formula is C15H19F2N. The van der Waals surface area contributed by atoms with E-state index < -0.39 is 11.6 Å². The second-order valence-electron chi connectivity index (χ2n) is 5.67. The van der Waals surface area contributed by atoms with Crippen molar-refractivity contribution in [2.24, 2.45) is 17.8 Å². The van der Waals surface area contributed by atoms with Crippen molar-refractivity contribution in [3.63, 3.8) is 0 Å². The summed E-state index contributed by atoms with van der Waals surface area (Å²) in [6.45, 7) is 2.80. The first kappa shape index (κ1) is 12.1. The van der Waals surface area contributed by atoms with E-state index in [1.165, 1.54) is 12.5 Å². The van der Waals surface area contributed by atoms with Gasteiger partial charge in [0, 0.05) is 11.6 Å². The highest BCUT2D eigenvalue weighted by Gasteiger charge is 2.48. The second-order valence-corrected chi connectivity index (χ2v) is 5.67. The van der Waals surface area contributed by atoms with Gasteiger partial charge in [-0.1, -0.05) is 19.1 Å². The molecular weight excluding hydrogens is 232 g/mol. The predicted molar refractivity (Wildman–Crippen MR) is 67.1 cm³/mol. The number of fused-ring (bicyclic) bond motifs is 1. The van der Waals surface area contributed by atoms with E-state index in [2.05, 4.69) is 5.32 Å². The SMILES string of the molecule is CCNC(c1cccc(F)c1F)C1CC2CC2C1. The van der Waals surface area contributed by atoms with Crippen molar-refractivity contribution in [1.29, 1.82) is 0 Å². The summed E-state index contributed by atoms with van der Waals surface area (Å²) in [7, 11) is 0. The molecule has 0 bridgehead atoms. The van der Waals surface area contributed by atoms with Crippen LogP contribution in [0, 0.1) is 29.4 Å². The number of nitrogens with one attached hydrogen (secondary N) is 1. The minimum Gasteiger partial charge on any atom is -0.310 e. The van der Waals surface area contributed by atoms with Crippen LogP contribution in [0.25, 0.3) is 0 Å². The molecule has 2 saturated carbocycles. The fraction of sp³-hybridized carbons (Fsp3) is 0.600. The summed E-state index contributed by atoms with van der Waals surface area (Å²) in [4.78, 5) is 0. The van der Waals surface area contributed by atoms with Crippen LogP contribution < -0.4 is 5.32 Å². The summed E-state index contributed by atoms with van der Waals surface area (Å²) in [5, 5.41) is 3.34. The molecule has 0 saturated heterocycles. The first-order chi connectivity index (χ1) is 8.70. The van der Waals surface area contributed by atoms with Crippen LogP contribution >= 0.6 is 0 Å². The maximum atomic E-state index is 13.9. The quantitative estimate of drug-likeness (QED) is 0.861. The van der Waals surface area contributed by atoms with Crippen LogP contribution in [0.15, 0.2) is 18.2 Å². The van der Waals surface area contributed by atoms with E-state index in [9.17, 15) is 8.78 Å². The van der Waals surface area contributed by atoms with E-state index in [1.807, 2.05) is 6.92 Å². The van der Waals surface area contributed by atoms with Gasteiger partial charge in [-0.3, -0.25) is 0 Å². The lowest BCUT2D eigenvalue weighted by Crippen LogP contribution is -2.28. The third kappa shape index (κ3) is 2.05. The lowest BCUT2D eigenvalue weighted by atomic mass is 9.88. The highest BCUT2D eigenvalue weighted by molar-refractivity contribution is 5.24. The van der Waals surface area contributed by atoms with Gasteiger partial charge in [0.1, 0.15) is 0 Å². The molecule has 18 heavy (non-hydrogen) atoms. The maximum absolute atomic E-state index is 13.9. The fourth-order valence-corrected chi connectivity index (χ4v) is 3.54. The normalized spacial score (nSPS) is 31.2. The monoisotopic (exact) mass is 251 g/mol. The van der Waals surface area contributed by atoms with Crippen molar-refractivity contribution in [2.75, 3.05) is 6.54 Å². The first-order valence-electron chi connectivity index (χ1n) is 6.88. The average molecular weight is 251 g/mol. The number of benzene rings is 1. The van der Waals surface area contributed by atoms with E-state index in [0.717, 1.165) is 31.2 Å². The molecule has 0 heterocycles. The molecule has 1 nitrogen and oxygen atoms in total. The maximum Gasteiger partial charge on any atom is 0.163 e. The van der Waals surface area contributed by atoms with Gasteiger partial charge < -0.3 is 5.32 Å². The van der Waals surface area contributed by atoms with Crippen molar-refractivity contribution in [3.05, 3.63) is 35.4 Å². The standard InChI is InChI=1S/C15H19F2N/c1-2-18-15(11-7-9-6-10(9)8-11)12-4-3-5-13(16)14(12)17/h3-5,9-11,15,18H,2,6-8H2,1H3. The number of hydrogen-bond donors (Lipinski definition) is 1. The summed E-state index contributed by atoms with van der Waals surface area (Å²) in [5.74, 6) is 0.758. The first-order valence-corrected chi connectivity index (χ1v) is 6.88. The van der Waals surface area contributed by atoms with Crippen molar-refractivity contribution >= 4 is 0 Å². The van der Waals surface area contributed by atoms with Gasteiger partial charge in [0.25, 0.3) is 0 Å². The van der Waals surface area contributed by atoms with Crippen molar-refractivity contribution in [3.8, 4) is 0 Å². The summed E-state index contributed by atoms with van der Waals surface area (Å²) < 4.78 is 27.3. The number of rotatable bonds is 4. The van der Waals surface area contributed by atoms with Crippen LogP contribution in [-0.4, -0.2) is 6.54 Å². The summed E-state index contributed by atoms with van der Waals surface area (Å²) in [6.07, 6.45) is 3.68. The molecule has 2 aliphatic carbocycles. The molecule has 3 heteroatoms. The summed E-state index contributed by atoms with van der Waals surface area (Å²) in [6, 6.07) is 4.48. The van der Waals surface area contributed by atoms with Crippen molar-refractivity contribution in [2.45, 2.75) is 32.2 Å². The van der Waals surface area contributed by atoms with E-state index in [0.29, 0.717) is 11.5 Å². The Labute approximate surface area is 107 Å². The Hall–Kier alpha value is -0.960. The highest BCUT2D eigenvalue weighted by Crippen LogP contribution is 2.57. The Morgan fingerprint density at radius 3 is 2.61 bits per heavy atom. The van der Waals surface area contributed by atoms with Crippen LogP contribution in [0.1, 0.15) is 37.8 Å². The molecule has 0 amide bonds. The Kier molecular flexibility index (Phi) is 3.10. The summed E-state index contributed by atoms with van der Waals surface area (Å²) >= 11 is 0. The smallest absolute Gasteiger partial charge is 0.163 e. The molecule has 98 valence electrons. The van der Waals surface area contributed by atoms with Crippen LogP contribution in [0.2, 0.25) is 0 Å². The zero-order valence-electron chi connectivity index (χ0n) is 10.6. The average Bonchev–Trinajstić information content (AvgIpc) is 2.97. The van der Waals surface area contributed by atoms with Gasteiger partial charge in [-0.25, -0.2) is 8.78 Å². The van der Waals surface area contributed by atoms with Crippen LogP contribution in [-0.2, 0) is 0 Å². The van der Waals surface area contributed by atoms with E-state index >= 15 is 0 Å². The van der Waals surface area contributed by atoms with Crippen LogP contribution in [0.4, 0.5) is 8.78 Å². The summed E-state index contributed by atoms with van der Waals surface area (Å²) in [5.41, 5.74) is 0.503. The molecule has 3 atom stereocenters. The predicted octanol–water partition coefficient (Wildman–Crippen LogP) is 3.66. The Balaban J connectivity index is 1.86. The number of hydrogen-bond acceptors (Lipinski definition) is 1. The molecule has 1 aromatic carbocycles. The number of halogens is 2. The lowest BCUT2D eigenvalue weighted by Gasteiger charge is -2.26. The molecule has 2 aliphatic rings. The zero-order chi connectivity index (χ0) is 12.7. The largest absolute Gasteiger partial charge is 0.310 e. The Bertz CT molecular complexity index is 436. The Morgan fingerprint density at radius 2 is 1.94 bits per heavy atom. The van der Waals surface area contributed by atoms with E-state index in [-0.39, 0.29) is 6.04 Å². The topological polar surface area (TPSA) is 12.0 Å². The zero-order valence-corrected chi connectivity index (χ0v) is 10.6. The molecule has 1 aromatic rings. The van der Waals surface area contributed by atoms with E-state index in [4.69, 9.17) is 0 Å². The van der Waals surface area contributed by atoms with Gasteiger partial charge in [-0.2, -0.15) is 0 Å². The van der Waals surface area contributed by atoms with Crippen LogP contribution in [0.5, 0.6) is 0 Å². The van der Waals surface area contributed by atoms with Gasteiger partial charge in [0.2, 0.25) is 0 Å². The van der Waals surface area contributed by atoms with Gasteiger partial charge in [-0.15, -0.1) is 0 Å². The third-order valence-electron chi connectivity index (χ3n) is 4.49. The van der Waals surface area contributed by atoms with Gasteiger partial charge >= 0.3 is 0 Å². The minimum absolute atomic E-state index is 0.0292. The molecule has 1 N–H and O–H groups in total. The third-order valence-corrected chi connectivity index (χ3v) is 4.49. The van der Waals surface area contributed by atoms with Crippen molar-refractivity contribution in [1.82, 2.24) is 5.32 Å². The molecule has 0 aromatic heterocycles. The van der Waals surface area contributed by atoms with E-state index in [1.54, 1.807) is 12.1 Å². The highest BCUT2D eigenvalue weighted by atomic mass is 19.2. The van der Waals surface area contributed by atoms with Gasteiger partial charge in [0.15, 0.2) is 11.6 Å². The van der Waals surface area contributed by atoms with Crippen LogP contribution in [0.3, 0.4) is 0 Å². The molecule has 0 spiro atoms. The fourth-order valence-electron chi connectivity index (χ4n) is 3.54.